The van der Waals surface area contributed by atoms with E-state index in [-0.39, 0.29) is 4.21 Å². The van der Waals surface area contributed by atoms with E-state index in [1.165, 1.54) is 30.3 Å². The molecule has 8 nitrogen and oxygen atoms in total. The van der Waals surface area contributed by atoms with Gasteiger partial charge in [-0.3, -0.25) is 9.52 Å². The van der Waals surface area contributed by atoms with Crippen LogP contribution in [0.4, 0.5) is 5.69 Å². The van der Waals surface area contributed by atoms with E-state index in [0.717, 1.165) is 34.8 Å². The number of hydrogen-bond acceptors (Lipinski definition) is 6. The smallest absolute Gasteiger partial charge is 0.271 e. The minimum Gasteiger partial charge on any atom is -0.383 e. The van der Waals surface area contributed by atoms with Gasteiger partial charge < -0.3 is 9.30 Å². The van der Waals surface area contributed by atoms with Crippen molar-refractivity contribution in [3.8, 4) is 0 Å². The molecule has 3 rings (SSSR count). The number of thiophene rings is 1. The zero-order valence-electron chi connectivity index (χ0n) is 17.5. The Kier molecular flexibility index (Phi) is 7.26. The van der Waals surface area contributed by atoms with Gasteiger partial charge in [-0.25, -0.2) is 13.8 Å². The minimum absolute atomic E-state index is 0.227. The molecule has 0 aliphatic rings. The van der Waals surface area contributed by atoms with Crippen LogP contribution in [0.3, 0.4) is 0 Å². The predicted octanol–water partition coefficient (Wildman–Crippen LogP) is 3.38. The van der Waals surface area contributed by atoms with Gasteiger partial charge in [0.05, 0.1) is 12.8 Å². The van der Waals surface area contributed by atoms with E-state index in [4.69, 9.17) is 4.74 Å². The number of amides is 1. The largest absolute Gasteiger partial charge is 0.383 e. The first kappa shape index (κ1) is 22.7. The lowest BCUT2D eigenvalue weighted by Gasteiger charge is -2.08. The minimum atomic E-state index is -3.62. The number of aromatic nitrogens is 1. The molecular formula is C21H24N4O4S2. The quantitative estimate of drug-likeness (QED) is 0.377. The summed E-state index contributed by atoms with van der Waals surface area (Å²) in [6, 6.07) is 11.3. The van der Waals surface area contributed by atoms with Crippen LogP contribution >= 0.6 is 11.3 Å². The number of carbonyl (C=O) groups excluding carboxylic acids is 1. The van der Waals surface area contributed by atoms with Crippen molar-refractivity contribution in [2.75, 3.05) is 18.4 Å². The number of aryl methyl sites for hydroxylation is 1. The average Bonchev–Trinajstić information content (AvgIpc) is 3.37. The zero-order chi connectivity index (χ0) is 22.4. The maximum absolute atomic E-state index is 12.3. The van der Waals surface area contributed by atoms with Gasteiger partial charge in [0.1, 0.15) is 4.21 Å². The lowest BCUT2D eigenvalue weighted by atomic mass is 10.2. The van der Waals surface area contributed by atoms with E-state index in [0.29, 0.717) is 17.9 Å². The van der Waals surface area contributed by atoms with E-state index in [1.54, 1.807) is 24.8 Å². The average molecular weight is 461 g/mol. The number of anilines is 1. The summed E-state index contributed by atoms with van der Waals surface area (Å²) in [5, 5.41) is 5.74. The summed E-state index contributed by atoms with van der Waals surface area (Å²) in [5.74, 6) is -0.392. The second-order valence-corrected chi connectivity index (χ2v) is 9.64. The Morgan fingerprint density at radius 3 is 2.61 bits per heavy atom. The number of sulfonamides is 1. The van der Waals surface area contributed by atoms with Crippen molar-refractivity contribution in [3.63, 3.8) is 0 Å². The molecule has 2 N–H and O–H groups in total. The van der Waals surface area contributed by atoms with Crippen LogP contribution in [0.5, 0.6) is 0 Å². The number of benzene rings is 1. The summed E-state index contributed by atoms with van der Waals surface area (Å²) in [7, 11) is -1.96. The normalized spacial score (nSPS) is 11.7. The molecule has 2 aromatic heterocycles. The maximum Gasteiger partial charge on any atom is 0.271 e. The third-order valence-electron chi connectivity index (χ3n) is 4.66. The lowest BCUT2D eigenvalue weighted by Crippen LogP contribution is -2.18. The SMILES string of the molecule is COCCn1c(C)cc(/C=N/NC(=O)c2ccc(NS(=O)(=O)c3cccs3)cc2)c1C. The van der Waals surface area contributed by atoms with Gasteiger partial charge in [-0.05, 0) is 55.6 Å². The van der Waals surface area contributed by atoms with Crippen LogP contribution in [0.15, 0.2) is 57.2 Å². The van der Waals surface area contributed by atoms with Gasteiger partial charge >= 0.3 is 0 Å². The van der Waals surface area contributed by atoms with Crippen LogP contribution in [0, 0.1) is 13.8 Å². The highest BCUT2D eigenvalue weighted by atomic mass is 32.2. The zero-order valence-corrected chi connectivity index (χ0v) is 19.1. The second kappa shape index (κ2) is 9.90. The van der Waals surface area contributed by atoms with Crippen LogP contribution < -0.4 is 10.1 Å². The van der Waals surface area contributed by atoms with Crippen LogP contribution in [-0.2, 0) is 21.3 Å². The highest BCUT2D eigenvalue weighted by Crippen LogP contribution is 2.20. The molecule has 164 valence electrons. The molecule has 1 amide bonds. The first-order valence-corrected chi connectivity index (χ1v) is 11.8. The monoisotopic (exact) mass is 460 g/mol. The maximum atomic E-state index is 12.3. The van der Waals surface area contributed by atoms with Gasteiger partial charge in [-0.1, -0.05) is 6.07 Å². The molecule has 2 heterocycles. The standard InChI is InChI=1S/C21H24N4O4S2/c1-15-13-18(16(2)25(15)10-11-29-3)14-22-23-21(26)17-6-8-19(9-7-17)24-31(27,28)20-5-4-12-30-20/h4-9,12-14,24H,10-11H2,1-3H3,(H,23,26)/b22-14+. The summed E-state index contributed by atoms with van der Waals surface area (Å²) in [4.78, 5) is 12.3. The fourth-order valence-electron chi connectivity index (χ4n) is 3.02. The van der Waals surface area contributed by atoms with Gasteiger partial charge in [0, 0.05) is 41.9 Å². The molecule has 31 heavy (non-hydrogen) atoms. The van der Waals surface area contributed by atoms with Crippen molar-refractivity contribution in [2.24, 2.45) is 5.10 Å². The summed E-state index contributed by atoms with van der Waals surface area (Å²) in [5.41, 5.74) is 6.26. The molecule has 0 aliphatic heterocycles. The van der Waals surface area contributed by atoms with Crippen molar-refractivity contribution in [3.05, 3.63) is 70.4 Å². The number of rotatable bonds is 9. The molecule has 0 spiro atoms. The lowest BCUT2D eigenvalue weighted by molar-refractivity contribution is 0.0955. The van der Waals surface area contributed by atoms with E-state index < -0.39 is 15.9 Å². The van der Waals surface area contributed by atoms with Crippen molar-refractivity contribution < 1.29 is 17.9 Å². The van der Waals surface area contributed by atoms with Gasteiger partial charge in [0.15, 0.2) is 0 Å². The molecule has 0 bridgehead atoms. The van der Waals surface area contributed by atoms with Crippen LogP contribution in [-0.4, -0.2) is 38.8 Å². The molecule has 0 radical (unpaired) electrons. The van der Waals surface area contributed by atoms with Gasteiger partial charge in [-0.2, -0.15) is 5.10 Å². The Hall–Kier alpha value is -2.95. The van der Waals surface area contributed by atoms with Crippen molar-refractivity contribution >= 4 is 39.2 Å². The number of nitrogens with one attached hydrogen (secondary N) is 2. The second-order valence-electron chi connectivity index (χ2n) is 6.78. The Balaban J connectivity index is 1.61. The number of ether oxygens (including phenoxy) is 1. The van der Waals surface area contributed by atoms with E-state index >= 15 is 0 Å². The van der Waals surface area contributed by atoms with Crippen molar-refractivity contribution in [2.45, 2.75) is 24.6 Å². The summed E-state index contributed by atoms with van der Waals surface area (Å²) in [6.45, 7) is 5.36. The summed E-state index contributed by atoms with van der Waals surface area (Å²) >= 11 is 1.13. The molecule has 0 aliphatic carbocycles. The molecule has 0 fully saturated rings. The van der Waals surface area contributed by atoms with E-state index in [1.807, 2.05) is 19.9 Å². The summed E-state index contributed by atoms with van der Waals surface area (Å²) < 4.78 is 34.5. The molecule has 0 unspecified atom stereocenters. The van der Waals surface area contributed by atoms with Crippen LogP contribution in [0.2, 0.25) is 0 Å². The summed E-state index contributed by atoms with van der Waals surface area (Å²) in [6.07, 6.45) is 1.60. The number of carbonyl (C=O) groups is 1. The molecule has 0 atom stereocenters. The number of hydrazone groups is 1. The van der Waals surface area contributed by atoms with Crippen molar-refractivity contribution in [1.82, 2.24) is 9.99 Å². The molecule has 0 saturated carbocycles. The number of nitrogens with zero attached hydrogens (tertiary/aromatic N) is 2. The van der Waals surface area contributed by atoms with Gasteiger partial charge in [0.25, 0.3) is 15.9 Å². The third-order valence-corrected chi connectivity index (χ3v) is 7.44. The molecule has 0 saturated heterocycles. The third kappa shape index (κ3) is 5.60. The Bertz CT molecular complexity index is 1160. The first-order valence-electron chi connectivity index (χ1n) is 9.47. The number of hydrogen-bond donors (Lipinski definition) is 2. The first-order chi connectivity index (χ1) is 14.8. The Morgan fingerprint density at radius 2 is 1.97 bits per heavy atom. The predicted molar refractivity (Wildman–Crippen MR) is 122 cm³/mol. The molecule has 10 heteroatoms. The fourth-order valence-corrected chi connectivity index (χ4v) is 5.07. The highest BCUT2D eigenvalue weighted by Gasteiger charge is 2.15. The van der Waals surface area contributed by atoms with E-state index in [9.17, 15) is 13.2 Å². The molecular weight excluding hydrogens is 436 g/mol. The van der Waals surface area contributed by atoms with Gasteiger partial charge in [0.2, 0.25) is 0 Å². The highest BCUT2D eigenvalue weighted by molar-refractivity contribution is 7.94. The number of methoxy groups -OCH3 is 1. The molecule has 3 aromatic rings. The van der Waals surface area contributed by atoms with Crippen LogP contribution in [0.25, 0.3) is 0 Å². The van der Waals surface area contributed by atoms with E-state index in [2.05, 4.69) is 19.8 Å². The van der Waals surface area contributed by atoms with Crippen LogP contribution in [0.1, 0.15) is 27.3 Å². The molecule has 1 aromatic carbocycles. The topological polar surface area (TPSA) is 102 Å². The van der Waals surface area contributed by atoms with Crippen molar-refractivity contribution in [1.29, 1.82) is 0 Å². The Morgan fingerprint density at radius 1 is 1.23 bits per heavy atom. The fraction of sp³-hybridized carbons (Fsp3) is 0.238. The van der Waals surface area contributed by atoms with Gasteiger partial charge in [-0.15, -0.1) is 11.3 Å². The Labute approximate surface area is 185 Å².